The molecule has 0 saturated heterocycles. The zero-order valence-corrected chi connectivity index (χ0v) is 16.8. The number of carbonyl (C=O) groups is 1. The predicted octanol–water partition coefficient (Wildman–Crippen LogP) is 3.73. The molecule has 1 amide bonds. The lowest BCUT2D eigenvalue weighted by atomic mass is 9.95. The Morgan fingerprint density at radius 1 is 1.13 bits per heavy atom. The molecule has 0 bridgehead atoms. The molecule has 0 aliphatic heterocycles. The number of aryl methyl sites for hydroxylation is 2. The van der Waals surface area contributed by atoms with Crippen molar-refractivity contribution < 1.29 is 9.18 Å². The quantitative estimate of drug-likeness (QED) is 0.564. The number of amides is 1. The van der Waals surface area contributed by atoms with E-state index in [1.807, 2.05) is 20.0 Å². The van der Waals surface area contributed by atoms with Crippen LogP contribution in [-0.4, -0.2) is 30.5 Å². The summed E-state index contributed by atoms with van der Waals surface area (Å²) in [6.07, 6.45) is 5.34. The van der Waals surface area contributed by atoms with Crippen LogP contribution in [0.3, 0.4) is 0 Å². The molecule has 1 aliphatic rings. The molecule has 0 spiro atoms. The summed E-state index contributed by atoms with van der Waals surface area (Å²) in [7, 11) is 1.84. The Bertz CT molecular complexity index is 1270. The van der Waals surface area contributed by atoms with Crippen LogP contribution in [0.4, 0.5) is 10.1 Å². The third-order valence-corrected chi connectivity index (χ3v) is 5.59. The van der Waals surface area contributed by atoms with Gasteiger partial charge < -0.3 is 5.32 Å². The second kappa shape index (κ2) is 7.05. The Balaban J connectivity index is 1.51. The number of benzene rings is 1. The van der Waals surface area contributed by atoms with Gasteiger partial charge in [-0.2, -0.15) is 10.2 Å². The number of fused-ring (bicyclic) bond motifs is 2. The predicted molar refractivity (Wildman–Crippen MR) is 111 cm³/mol. The molecule has 0 radical (unpaired) electrons. The highest BCUT2D eigenvalue weighted by molar-refractivity contribution is 6.04. The van der Waals surface area contributed by atoms with Gasteiger partial charge in [0.1, 0.15) is 5.82 Å². The van der Waals surface area contributed by atoms with Crippen molar-refractivity contribution in [2.75, 3.05) is 5.32 Å². The smallest absolute Gasteiger partial charge is 0.276 e. The Hall–Kier alpha value is -3.55. The fourth-order valence-electron chi connectivity index (χ4n) is 4.14. The molecular formula is C22H21FN6O. The Morgan fingerprint density at radius 3 is 2.70 bits per heavy atom. The first-order valence-electron chi connectivity index (χ1n) is 9.98. The van der Waals surface area contributed by atoms with E-state index in [-0.39, 0.29) is 11.7 Å². The van der Waals surface area contributed by atoms with Crippen LogP contribution < -0.4 is 5.32 Å². The highest BCUT2D eigenvalue weighted by Crippen LogP contribution is 2.28. The van der Waals surface area contributed by atoms with Gasteiger partial charge in [0.2, 0.25) is 0 Å². The minimum absolute atomic E-state index is 0.267. The summed E-state index contributed by atoms with van der Waals surface area (Å²) in [5.41, 5.74) is 5.38. The van der Waals surface area contributed by atoms with Gasteiger partial charge in [0.25, 0.3) is 5.91 Å². The normalized spacial score (nSPS) is 13.4. The second-order valence-corrected chi connectivity index (χ2v) is 7.63. The van der Waals surface area contributed by atoms with Crippen LogP contribution in [0.2, 0.25) is 0 Å². The third-order valence-electron chi connectivity index (χ3n) is 5.59. The van der Waals surface area contributed by atoms with Crippen LogP contribution in [0, 0.1) is 12.7 Å². The van der Waals surface area contributed by atoms with E-state index in [1.54, 1.807) is 27.7 Å². The van der Waals surface area contributed by atoms with Crippen molar-refractivity contribution in [1.82, 2.24) is 24.5 Å². The average molecular weight is 404 g/mol. The van der Waals surface area contributed by atoms with E-state index in [9.17, 15) is 9.18 Å². The van der Waals surface area contributed by atoms with Crippen LogP contribution in [0.25, 0.3) is 16.7 Å². The zero-order valence-electron chi connectivity index (χ0n) is 16.8. The van der Waals surface area contributed by atoms with Crippen LogP contribution in [0.1, 0.15) is 40.3 Å². The summed E-state index contributed by atoms with van der Waals surface area (Å²) >= 11 is 0. The van der Waals surface area contributed by atoms with Gasteiger partial charge in [-0.3, -0.25) is 9.48 Å². The molecule has 152 valence electrons. The number of rotatable bonds is 3. The van der Waals surface area contributed by atoms with E-state index < -0.39 is 0 Å². The number of nitrogens with one attached hydrogen (secondary N) is 1. The molecular weight excluding hydrogens is 383 g/mol. The van der Waals surface area contributed by atoms with Gasteiger partial charge in [-0.25, -0.2) is 14.1 Å². The summed E-state index contributed by atoms with van der Waals surface area (Å²) < 4.78 is 16.8. The van der Waals surface area contributed by atoms with E-state index in [1.165, 1.54) is 12.1 Å². The Kier molecular flexibility index (Phi) is 4.34. The average Bonchev–Trinajstić information content (AvgIpc) is 3.26. The van der Waals surface area contributed by atoms with E-state index in [0.29, 0.717) is 11.4 Å². The van der Waals surface area contributed by atoms with Gasteiger partial charge in [-0.05, 0) is 62.9 Å². The lowest BCUT2D eigenvalue weighted by Crippen LogP contribution is -2.15. The molecule has 30 heavy (non-hydrogen) atoms. The lowest BCUT2D eigenvalue weighted by Gasteiger charge is -2.14. The van der Waals surface area contributed by atoms with Crippen molar-refractivity contribution in [1.29, 1.82) is 0 Å². The summed E-state index contributed by atoms with van der Waals surface area (Å²) in [5, 5.41) is 12.8. The molecule has 0 fully saturated rings. The zero-order chi connectivity index (χ0) is 20.8. The molecule has 3 heterocycles. The number of nitrogens with zero attached hydrogens (tertiary/aromatic N) is 5. The number of hydrogen-bond donors (Lipinski definition) is 1. The van der Waals surface area contributed by atoms with Crippen molar-refractivity contribution in [2.24, 2.45) is 7.05 Å². The summed E-state index contributed by atoms with van der Waals surface area (Å²) in [6, 6.07) is 8.06. The first-order chi connectivity index (χ1) is 14.5. The molecule has 1 N–H and O–H groups in total. The van der Waals surface area contributed by atoms with Gasteiger partial charge in [0, 0.05) is 23.7 Å². The number of pyridine rings is 1. The van der Waals surface area contributed by atoms with Crippen molar-refractivity contribution >= 4 is 22.6 Å². The monoisotopic (exact) mass is 404 g/mol. The van der Waals surface area contributed by atoms with Crippen molar-refractivity contribution in [2.45, 2.75) is 32.6 Å². The lowest BCUT2D eigenvalue weighted by molar-refractivity contribution is 0.102. The fourth-order valence-corrected chi connectivity index (χ4v) is 4.14. The SMILES string of the molecule is Cc1nn(C)c2ncc(NC(=O)c3nn(-c4ccc(F)cc4)c4c3CCCC4)cc12. The minimum Gasteiger partial charge on any atom is -0.319 e. The Labute approximate surface area is 172 Å². The van der Waals surface area contributed by atoms with Crippen molar-refractivity contribution in [3.05, 3.63) is 65.0 Å². The maximum Gasteiger partial charge on any atom is 0.276 e. The standard InChI is InChI=1S/C22H21FN6O/c1-13-18-11-15(12-24-21(18)28(2)26-13)25-22(30)20-17-5-3-4-6-19(17)29(27-20)16-9-7-14(23)8-10-16/h7-12H,3-6H2,1-2H3,(H,25,30). The molecule has 1 aromatic carbocycles. The van der Waals surface area contributed by atoms with E-state index in [0.717, 1.165) is 59.4 Å². The third kappa shape index (κ3) is 3.04. The van der Waals surface area contributed by atoms with E-state index in [4.69, 9.17) is 0 Å². The molecule has 7 nitrogen and oxygen atoms in total. The first kappa shape index (κ1) is 18.5. The van der Waals surface area contributed by atoms with Gasteiger partial charge in [-0.15, -0.1) is 0 Å². The largest absolute Gasteiger partial charge is 0.319 e. The minimum atomic E-state index is -0.300. The highest BCUT2D eigenvalue weighted by atomic mass is 19.1. The van der Waals surface area contributed by atoms with Crippen molar-refractivity contribution in [3.63, 3.8) is 0 Å². The molecule has 3 aromatic heterocycles. The van der Waals surface area contributed by atoms with Crippen LogP contribution in [-0.2, 0) is 19.9 Å². The molecule has 0 saturated carbocycles. The number of hydrogen-bond acceptors (Lipinski definition) is 4. The molecule has 5 rings (SSSR count). The molecule has 8 heteroatoms. The summed E-state index contributed by atoms with van der Waals surface area (Å²) in [4.78, 5) is 17.5. The number of aromatic nitrogens is 5. The summed E-state index contributed by atoms with van der Waals surface area (Å²) in [5.74, 6) is -0.567. The Morgan fingerprint density at radius 2 is 1.90 bits per heavy atom. The molecule has 0 atom stereocenters. The van der Waals surface area contributed by atoms with Crippen LogP contribution in [0.5, 0.6) is 0 Å². The summed E-state index contributed by atoms with van der Waals surface area (Å²) in [6.45, 7) is 1.91. The van der Waals surface area contributed by atoms with Gasteiger partial charge >= 0.3 is 0 Å². The van der Waals surface area contributed by atoms with Gasteiger partial charge in [0.15, 0.2) is 11.3 Å². The highest BCUT2D eigenvalue weighted by Gasteiger charge is 2.26. The fraction of sp³-hybridized carbons (Fsp3) is 0.273. The van der Waals surface area contributed by atoms with E-state index >= 15 is 0 Å². The molecule has 0 unspecified atom stereocenters. The number of halogens is 1. The number of anilines is 1. The van der Waals surface area contributed by atoms with Crippen molar-refractivity contribution in [3.8, 4) is 5.69 Å². The maximum atomic E-state index is 13.4. The van der Waals surface area contributed by atoms with Gasteiger partial charge in [-0.1, -0.05) is 0 Å². The second-order valence-electron chi connectivity index (χ2n) is 7.63. The number of carbonyl (C=O) groups excluding carboxylic acids is 1. The van der Waals surface area contributed by atoms with Crippen LogP contribution >= 0.6 is 0 Å². The first-order valence-corrected chi connectivity index (χ1v) is 9.98. The van der Waals surface area contributed by atoms with Crippen LogP contribution in [0.15, 0.2) is 36.5 Å². The molecule has 4 aromatic rings. The van der Waals surface area contributed by atoms with E-state index in [2.05, 4.69) is 20.5 Å². The topological polar surface area (TPSA) is 77.6 Å². The van der Waals surface area contributed by atoms with Gasteiger partial charge in [0.05, 0.1) is 23.3 Å². The molecule has 1 aliphatic carbocycles. The maximum absolute atomic E-state index is 13.4.